The molecule has 0 N–H and O–H groups in total. The van der Waals surface area contributed by atoms with Crippen LogP contribution in [0, 0.1) is 5.92 Å². The summed E-state index contributed by atoms with van der Waals surface area (Å²) in [6, 6.07) is 10.0. The van der Waals surface area contributed by atoms with Crippen LogP contribution in [0.5, 0.6) is 0 Å². The Labute approximate surface area is 101 Å². The molecule has 0 atom stereocenters. The van der Waals surface area contributed by atoms with Crippen molar-refractivity contribution in [1.82, 2.24) is 0 Å². The van der Waals surface area contributed by atoms with Gasteiger partial charge in [-0.15, -0.1) is 0 Å². The summed E-state index contributed by atoms with van der Waals surface area (Å²) in [5.41, 5.74) is 1.17. The summed E-state index contributed by atoms with van der Waals surface area (Å²) in [4.78, 5) is 0. The first-order chi connectivity index (χ1) is 7.70. The highest BCUT2D eigenvalue weighted by atomic mass is 14.0. The van der Waals surface area contributed by atoms with E-state index in [-0.39, 0.29) is 0 Å². The molecular weight excluding hydrogens is 192 g/mol. The van der Waals surface area contributed by atoms with Gasteiger partial charge < -0.3 is 0 Å². The second-order valence-corrected chi connectivity index (χ2v) is 4.50. The molecule has 0 heterocycles. The standard InChI is InChI=1S/C8H8.C8H18/c1-2-8-6-4-3-5-7-8;1-4-5-6-7-8(2)3/h2-7H,1H2;8H,4-7H2,1-3H3. The molecule has 16 heavy (non-hydrogen) atoms. The molecule has 0 saturated heterocycles. The van der Waals surface area contributed by atoms with Gasteiger partial charge in [0, 0.05) is 0 Å². The third-order valence-electron chi connectivity index (χ3n) is 2.42. The third-order valence-corrected chi connectivity index (χ3v) is 2.42. The second kappa shape index (κ2) is 10.5. The summed E-state index contributed by atoms with van der Waals surface area (Å²) >= 11 is 0. The summed E-state index contributed by atoms with van der Waals surface area (Å²) in [5, 5.41) is 0. The SMILES string of the molecule is C=Cc1ccccc1.CCCCCC(C)C. The van der Waals surface area contributed by atoms with E-state index in [1.165, 1.54) is 31.2 Å². The zero-order valence-corrected chi connectivity index (χ0v) is 11.1. The van der Waals surface area contributed by atoms with Gasteiger partial charge in [0.05, 0.1) is 0 Å². The van der Waals surface area contributed by atoms with E-state index < -0.39 is 0 Å². The minimum absolute atomic E-state index is 0.904. The van der Waals surface area contributed by atoms with Crippen LogP contribution in [-0.4, -0.2) is 0 Å². The average Bonchev–Trinajstić information content (AvgIpc) is 2.31. The highest BCUT2D eigenvalue weighted by Crippen LogP contribution is 2.06. The smallest absolute Gasteiger partial charge is 0.0263 e. The van der Waals surface area contributed by atoms with Gasteiger partial charge in [-0.1, -0.05) is 89.4 Å². The van der Waals surface area contributed by atoms with Crippen molar-refractivity contribution in [2.45, 2.75) is 46.5 Å². The van der Waals surface area contributed by atoms with Crippen molar-refractivity contribution in [3.63, 3.8) is 0 Å². The van der Waals surface area contributed by atoms with Gasteiger partial charge in [0.25, 0.3) is 0 Å². The summed E-state index contributed by atoms with van der Waals surface area (Å²) in [5.74, 6) is 0.904. The van der Waals surface area contributed by atoms with Crippen LogP contribution >= 0.6 is 0 Å². The Kier molecular flexibility index (Phi) is 9.80. The topological polar surface area (TPSA) is 0 Å². The Bertz CT molecular complexity index is 246. The molecule has 0 amide bonds. The minimum Gasteiger partial charge on any atom is -0.0985 e. The quantitative estimate of drug-likeness (QED) is 0.568. The molecule has 1 aromatic carbocycles. The molecule has 0 radical (unpaired) electrons. The maximum atomic E-state index is 3.63. The van der Waals surface area contributed by atoms with Crippen molar-refractivity contribution < 1.29 is 0 Å². The van der Waals surface area contributed by atoms with Gasteiger partial charge in [-0.05, 0) is 11.5 Å². The fraction of sp³-hybridized carbons (Fsp3) is 0.500. The molecule has 90 valence electrons. The molecule has 0 spiro atoms. The maximum absolute atomic E-state index is 3.63. The van der Waals surface area contributed by atoms with Crippen LogP contribution in [-0.2, 0) is 0 Å². The summed E-state index contributed by atoms with van der Waals surface area (Å²) < 4.78 is 0. The Morgan fingerprint density at radius 2 is 1.75 bits per heavy atom. The van der Waals surface area contributed by atoms with E-state index in [1.807, 2.05) is 36.4 Å². The summed E-state index contributed by atoms with van der Waals surface area (Å²) in [7, 11) is 0. The molecule has 0 aromatic heterocycles. The van der Waals surface area contributed by atoms with E-state index in [0.29, 0.717) is 0 Å². The number of hydrogen-bond donors (Lipinski definition) is 0. The van der Waals surface area contributed by atoms with Crippen LogP contribution in [0.2, 0.25) is 0 Å². The molecule has 1 aromatic rings. The Morgan fingerprint density at radius 1 is 1.12 bits per heavy atom. The molecule has 0 bridgehead atoms. The lowest BCUT2D eigenvalue weighted by Crippen LogP contribution is -1.85. The first-order valence-corrected chi connectivity index (χ1v) is 6.38. The molecular formula is C16H26. The minimum atomic E-state index is 0.904. The van der Waals surface area contributed by atoms with Crippen LogP contribution in [0.3, 0.4) is 0 Å². The highest BCUT2D eigenvalue weighted by Gasteiger charge is 1.90. The van der Waals surface area contributed by atoms with Crippen molar-refractivity contribution >= 4 is 6.08 Å². The van der Waals surface area contributed by atoms with Gasteiger partial charge in [-0.3, -0.25) is 0 Å². The van der Waals surface area contributed by atoms with Gasteiger partial charge in [0.1, 0.15) is 0 Å². The van der Waals surface area contributed by atoms with Gasteiger partial charge in [0.15, 0.2) is 0 Å². The van der Waals surface area contributed by atoms with E-state index in [2.05, 4.69) is 27.4 Å². The van der Waals surface area contributed by atoms with Gasteiger partial charge in [-0.2, -0.15) is 0 Å². The predicted octanol–water partition coefficient (Wildman–Crippen LogP) is 5.55. The van der Waals surface area contributed by atoms with E-state index in [1.54, 1.807) is 0 Å². The first-order valence-electron chi connectivity index (χ1n) is 6.38. The maximum Gasteiger partial charge on any atom is -0.0263 e. The molecule has 1 rings (SSSR count). The van der Waals surface area contributed by atoms with Crippen LogP contribution < -0.4 is 0 Å². The molecule has 0 heteroatoms. The van der Waals surface area contributed by atoms with Gasteiger partial charge in [0.2, 0.25) is 0 Å². The lowest BCUT2D eigenvalue weighted by molar-refractivity contribution is 0.534. The van der Waals surface area contributed by atoms with Crippen molar-refractivity contribution in [3.8, 4) is 0 Å². The lowest BCUT2D eigenvalue weighted by atomic mass is 10.1. The molecule has 0 aliphatic heterocycles. The lowest BCUT2D eigenvalue weighted by Gasteiger charge is -2.00. The summed E-state index contributed by atoms with van der Waals surface area (Å²) in [6.07, 6.45) is 7.44. The number of benzene rings is 1. The first kappa shape index (κ1) is 15.0. The molecule has 0 aliphatic carbocycles. The van der Waals surface area contributed by atoms with E-state index in [9.17, 15) is 0 Å². The molecule has 0 saturated carbocycles. The van der Waals surface area contributed by atoms with Crippen molar-refractivity contribution in [3.05, 3.63) is 42.5 Å². The zero-order valence-electron chi connectivity index (χ0n) is 11.1. The van der Waals surface area contributed by atoms with E-state index >= 15 is 0 Å². The van der Waals surface area contributed by atoms with Crippen LogP contribution in [0.4, 0.5) is 0 Å². The Hall–Kier alpha value is -1.04. The van der Waals surface area contributed by atoms with Crippen LogP contribution in [0.25, 0.3) is 6.08 Å². The van der Waals surface area contributed by atoms with Crippen LogP contribution in [0.1, 0.15) is 52.0 Å². The van der Waals surface area contributed by atoms with Crippen molar-refractivity contribution in [2.75, 3.05) is 0 Å². The van der Waals surface area contributed by atoms with E-state index in [4.69, 9.17) is 0 Å². The van der Waals surface area contributed by atoms with Gasteiger partial charge in [-0.25, -0.2) is 0 Å². The third kappa shape index (κ3) is 9.51. The average molecular weight is 218 g/mol. The molecule has 0 unspecified atom stereocenters. The fourth-order valence-electron chi connectivity index (χ4n) is 1.39. The van der Waals surface area contributed by atoms with Gasteiger partial charge >= 0.3 is 0 Å². The second-order valence-electron chi connectivity index (χ2n) is 4.50. The molecule has 0 aliphatic rings. The predicted molar refractivity (Wildman–Crippen MR) is 75.5 cm³/mol. The molecule has 0 nitrogen and oxygen atoms in total. The summed E-state index contributed by atoms with van der Waals surface area (Å²) in [6.45, 7) is 10.5. The molecule has 0 fully saturated rings. The Morgan fingerprint density at radius 3 is 2.12 bits per heavy atom. The van der Waals surface area contributed by atoms with E-state index in [0.717, 1.165) is 5.92 Å². The zero-order chi connectivity index (χ0) is 12.2. The normalized spacial score (nSPS) is 9.50. The fourth-order valence-corrected chi connectivity index (χ4v) is 1.39. The van der Waals surface area contributed by atoms with Crippen LogP contribution in [0.15, 0.2) is 36.9 Å². The van der Waals surface area contributed by atoms with Crippen molar-refractivity contribution in [2.24, 2.45) is 5.92 Å². The Balaban J connectivity index is 0.000000281. The van der Waals surface area contributed by atoms with Crippen molar-refractivity contribution in [1.29, 1.82) is 0 Å². The number of hydrogen-bond acceptors (Lipinski definition) is 0. The monoisotopic (exact) mass is 218 g/mol. The number of unbranched alkanes of at least 4 members (excludes halogenated alkanes) is 2. The number of rotatable bonds is 5. The largest absolute Gasteiger partial charge is 0.0985 e. The highest BCUT2D eigenvalue weighted by molar-refractivity contribution is 5.45.